The summed E-state index contributed by atoms with van der Waals surface area (Å²) in [6.07, 6.45) is 2.03. The molecule has 1 aromatic heterocycles. The first-order valence-electron chi connectivity index (χ1n) is 4.80. The minimum absolute atomic E-state index is 0.499. The van der Waals surface area contributed by atoms with E-state index in [4.69, 9.17) is 0 Å². The van der Waals surface area contributed by atoms with Crippen LogP contribution in [0.25, 0.3) is 0 Å². The molecule has 0 bridgehead atoms. The van der Waals surface area contributed by atoms with E-state index in [0.717, 1.165) is 12.2 Å². The zero-order valence-electron chi connectivity index (χ0n) is 8.91. The van der Waals surface area contributed by atoms with Crippen molar-refractivity contribution in [2.75, 3.05) is 7.05 Å². The second kappa shape index (κ2) is 4.42. The van der Waals surface area contributed by atoms with Gasteiger partial charge in [-0.1, -0.05) is 13.8 Å². The number of rotatable bonds is 4. The molecule has 0 fully saturated rings. The number of hydrogen-bond donors (Lipinski definition) is 1. The quantitative estimate of drug-likeness (QED) is 0.761. The number of hydrogen-bond acceptors (Lipinski definition) is 2. The van der Waals surface area contributed by atoms with Crippen molar-refractivity contribution in [3.05, 3.63) is 18.0 Å². The third-order valence-corrected chi connectivity index (χ3v) is 2.33. The van der Waals surface area contributed by atoms with Crippen molar-refractivity contribution >= 4 is 0 Å². The Kier molecular flexibility index (Phi) is 3.48. The predicted molar refractivity (Wildman–Crippen MR) is 54.6 cm³/mol. The highest BCUT2D eigenvalue weighted by molar-refractivity contribution is 4.95. The normalized spacial score (nSPS) is 13.6. The lowest BCUT2D eigenvalue weighted by Crippen LogP contribution is -2.35. The van der Waals surface area contributed by atoms with Crippen molar-refractivity contribution < 1.29 is 0 Å². The molecule has 1 rings (SSSR count). The second-order valence-corrected chi connectivity index (χ2v) is 3.82. The molecular formula is C10H19N3. The first-order chi connectivity index (χ1) is 6.13. The van der Waals surface area contributed by atoms with Crippen molar-refractivity contribution in [1.29, 1.82) is 0 Å². The van der Waals surface area contributed by atoms with Crippen LogP contribution in [0.1, 0.15) is 19.5 Å². The summed E-state index contributed by atoms with van der Waals surface area (Å²) in [5.41, 5.74) is 1.08. The van der Waals surface area contributed by atoms with Crippen molar-refractivity contribution in [3.63, 3.8) is 0 Å². The molecule has 74 valence electrons. The van der Waals surface area contributed by atoms with Gasteiger partial charge in [-0.15, -0.1) is 0 Å². The van der Waals surface area contributed by atoms with Crippen LogP contribution in [-0.4, -0.2) is 22.9 Å². The van der Waals surface area contributed by atoms with Gasteiger partial charge in [-0.2, -0.15) is 5.10 Å². The first-order valence-corrected chi connectivity index (χ1v) is 4.80. The molecular weight excluding hydrogens is 162 g/mol. The average molecular weight is 181 g/mol. The fraction of sp³-hybridized carbons (Fsp3) is 0.700. The highest BCUT2D eigenvalue weighted by Gasteiger charge is 2.11. The van der Waals surface area contributed by atoms with Crippen LogP contribution in [0, 0.1) is 12.8 Å². The summed E-state index contributed by atoms with van der Waals surface area (Å²) in [4.78, 5) is 0. The van der Waals surface area contributed by atoms with E-state index in [1.54, 1.807) is 0 Å². The number of nitrogens with one attached hydrogen (secondary N) is 1. The lowest BCUT2D eigenvalue weighted by molar-refractivity contribution is 0.362. The number of aromatic nitrogens is 2. The Balaban J connectivity index is 2.56. The minimum Gasteiger partial charge on any atom is -0.315 e. The van der Waals surface area contributed by atoms with Gasteiger partial charge in [0.05, 0.1) is 12.2 Å². The van der Waals surface area contributed by atoms with E-state index >= 15 is 0 Å². The molecule has 1 atom stereocenters. The van der Waals surface area contributed by atoms with Gasteiger partial charge in [-0.05, 0) is 26.0 Å². The van der Waals surface area contributed by atoms with Crippen molar-refractivity contribution in [2.24, 2.45) is 5.92 Å². The number of nitrogens with zero attached hydrogens (tertiary/aromatic N) is 2. The van der Waals surface area contributed by atoms with Gasteiger partial charge < -0.3 is 5.32 Å². The topological polar surface area (TPSA) is 29.9 Å². The molecule has 0 amide bonds. The van der Waals surface area contributed by atoms with Crippen LogP contribution in [0.3, 0.4) is 0 Å². The Bertz CT molecular complexity index is 252. The zero-order chi connectivity index (χ0) is 9.84. The molecule has 3 nitrogen and oxygen atoms in total. The Morgan fingerprint density at radius 3 is 2.62 bits per heavy atom. The van der Waals surface area contributed by atoms with Gasteiger partial charge in [0, 0.05) is 12.2 Å². The van der Waals surface area contributed by atoms with E-state index in [-0.39, 0.29) is 0 Å². The zero-order valence-corrected chi connectivity index (χ0v) is 8.91. The Labute approximate surface area is 80.1 Å². The van der Waals surface area contributed by atoms with Gasteiger partial charge in [-0.3, -0.25) is 4.68 Å². The number of likely N-dealkylation sites (N-methyl/N-ethyl adjacent to an activating group) is 1. The van der Waals surface area contributed by atoms with Crippen LogP contribution >= 0.6 is 0 Å². The highest BCUT2D eigenvalue weighted by Crippen LogP contribution is 2.04. The van der Waals surface area contributed by atoms with Crippen molar-refractivity contribution in [1.82, 2.24) is 15.1 Å². The van der Waals surface area contributed by atoms with E-state index in [0.29, 0.717) is 12.0 Å². The lowest BCUT2D eigenvalue weighted by Gasteiger charge is -2.19. The molecule has 0 radical (unpaired) electrons. The minimum atomic E-state index is 0.499. The summed E-state index contributed by atoms with van der Waals surface area (Å²) in [6.45, 7) is 7.40. The van der Waals surface area contributed by atoms with Gasteiger partial charge >= 0.3 is 0 Å². The summed E-state index contributed by atoms with van der Waals surface area (Å²) in [5.74, 6) is 0.634. The van der Waals surface area contributed by atoms with Crippen LogP contribution in [-0.2, 0) is 6.54 Å². The van der Waals surface area contributed by atoms with Gasteiger partial charge in [0.25, 0.3) is 0 Å². The first kappa shape index (κ1) is 10.3. The van der Waals surface area contributed by atoms with E-state index < -0.39 is 0 Å². The second-order valence-electron chi connectivity index (χ2n) is 3.82. The molecule has 1 unspecified atom stereocenters. The number of aryl methyl sites for hydroxylation is 1. The van der Waals surface area contributed by atoms with Crippen LogP contribution in [0.15, 0.2) is 12.3 Å². The molecule has 1 N–H and O–H groups in total. The molecule has 1 heterocycles. The molecule has 0 saturated heterocycles. The summed E-state index contributed by atoms with van der Waals surface area (Å²) in [6, 6.07) is 2.53. The smallest absolute Gasteiger partial charge is 0.0593 e. The highest BCUT2D eigenvalue weighted by atomic mass is 15.3. The van der Waals surface area contributed by atoms with Gasteiger partial charge in [0.2, 0.25) is 0 Å². The third-order valence-electron chi connectivity index (χ3n) is 2.33. The van der Waals surface area contributed by atoms with Crippen molar-refractivity contribution in [2.45, 2.75) is 33.4 Å². The van der Waals surface area contributed by atoms with E-state index in [2.05, 4.69) is 24.3 Å². The molecule has 0 spiro atoms. The summed E-state index contributed by atoms with van der Waals surface area (Å²) >= 11 is 0. The average Bonchev–Trinajstić information content (AvgIpc) is 2.46. The van der Waals surface area contributed by atoms with Crippen LogP contribution < -0.4 is 5.32 Å². The standard InChI is InChI=1S/C10H19N3/c1-8(2)10(11-4)7-13-6-5-9(3)12-13/h5-6,8,10-11H,7H2,1-4H3. The Morgan fingerprint density at radius 1 is 1.54 bits per heavy atom. The van der Waals surface area contributed by atoms with Crippen LogP contribution in [0.4, 0.5) is 0 Å². The molecule has 3 heteroatoms. The van der Waals surface area contributed by atoms with Gasteiger partial charge in [0.15, 0.2) is 0 Å². The summed E-state index contributed by atoms with van der Waals surface area (Å²) in [7, 11) is 2.00. The summed E-state index contributed by atoms with van der Waals surface area (Å²) < 4.78 is 2.00. The van der Waals surface area contributed by atoms with E-state index in [1.165, 1.54) is 0 Å². The Morgan fingerprint density at radius 2 is 2.23 bits per heavy atom. The van der Waals surface area contributed by atoms with Crippen LogP contribution in [0.2, 0.25) is 0 Å². The monoisotopic (exact) mass is 181 g/mol. The predicted octanol–water partition coefficient (Wildman–Crippen LogP) is 1.44. The molecule has 0 aliphatic carbocycles. The van der Waals surface area contributed by atoms with Gasteiger partial charge in [0.1, 0.15) is 0 Å². The maximum absolute atomic E-state index is 4.36. The largest absolute Gasteiger partial charge is 0.315 e. The molecule has 0 saturated carbocycles. The molecule has 13 heavy (non-hydrogen) atoms. The molecule has 0 aromatic carbocycles. The fourth-order valence-corrected chi connectivity index (χ4v) is 1.40. The maximum Gasteiger partial charge on any atom is 0.0593 e. The molecule has 1 aromatic rings. The summed E-state index contributed by atoms with van der Waals surface area (Å²) in [5, 5.41) is 7.66. The Hall–Kier alpha value is -0.830. The molecule has 0 aliphatic heterocycles. The van der Waals surface area contributed by atoms with Crippen LogP contribution in [0.5, 0.6) is 0 Å². The molecule has 0 aliphatic rings. The fourth-order valence-electron chi connectivity index (χ4n) is 1.40. The van der Waals surface area contributed by atoms with Gasteiger partial charge in [-0.25, -0.2) is 0 Å². The van der Waals surface area contributed by atoms with E-state index in [1.807, 2.05) is 30.9 Å². The maximum atomic E-state index is 4.36. The van der Waals surface area contributed by atoms with Crippen molar-refractivity contribution in [3.8, 4) is 0 Å². The SMILES string of the molecule is CNC(Cn1ccc(C)n1)C(C)C. The van der Waals surface area contributed by atoms with E-state index in [9.17, 15) is 0 Å². The third kappa shape index (κ3) is 2.84. The lowest BCUT2D eigenvalue weighted by atomic mass is 10.1.